The average molecular weight is 253 g/mol. The highest BCUT2D eigenvalue weighted by molar-refractivity contribution is 6.30. The van der Waals surface area contributed by atoms with Crippen molar-refractivity contribution in [3.63, 3.8) is 0 Å². The average Bonchev–Trinajstić information content (AvgIpc) is 2.35. The van der Waals surface area contributed by atoms with Gasteiger partial charge in [-0.25, -0.2) is 0 Å². The Morgan fingerprint density at radius 1 is 1.41 bits per heavy atom. The summed E-state index contributed by atoms with van der Waals surface area (Å²) in [5, 5.41) is 0.728. The molecule has 3 heteroatoms. The Balaban J connectivity index is 1.91. The van der Waals surface area contributed by atoms with Crippen LogP contribution in [0.3, 0.4) is 0 Å². The number of ether oxygens (including phenoxy) is 1. The topological polar surface area (TPSA) is 26.3 Å². The van der Waals surface area contributed by atoms with Crippen LogP contribution in [0.5, 0.6) is 0 Å². The van der Waals surface area contributed by atoms with Gasteiger partial charge >= 0.3 is 0 Å². The van der Waals surface area contributed by atoms with E-state index < -0.39 is 0 Å². The predicted molar refractivity (Wildman–Crippen MR) is 68.1 cm³/mol. The monoisotopic (exact) mass is 252 g/mol. The number of rotatable bonds is 4. The first-order chi connectivity index (χ1) is 8.06. The molecule has 2 atom stereocenters. The molecule has 1 aromatic rings. The molecule has 0 N–H and O–H groups in total. The first kappa shape index (κ1) is 12.6. The minimum Gasteiger partial charge on any atom is -0.372 e. The Morgan fingerprint density at radius 3 is 2.59 bits per heavy atom. The van der Waals surface area contributed by atoms with E-state index in [2.05, 4.69) is 0 Å². The first-order valence-electron chi connectivity index (χ1n) is 5.95. The molecule has 92 valence electrons. The van der Waals surface area contributed by atoms with E-state index in [0.717, 1.165) is 17.0 Å². The minimum atomic E-state index is -0.271. The Bertz CT molecular complexity index is 413. The maximum atomic E-state index is 11.6. The van der Waals surface area contributed by atoms with Crippen molar-refractivity contribution in [2.45, 2.75) is 39.4 Å². The van der Waals surface area contributed by atoms with Crippen LogP contribution in [0.2, 0.25) is 5.02 Å². The van der Waals surface area contributed by atoms with Crippen molar-refractivity contribution in [3.05, 3.63) is 34.9 Å². The fourth-order valence-electron chi connectivity index (χ4n) is 2.12. The van der Waals surface area contributed by atoms with Gasteiger partial charge in [-0.05, 0) is 24.1 Å². The second-order valence-corrected chi connectivity index (χ2v) is 5.26. The Morgan fingerprint density at radius 2 is 2.06 bits per heavy atom. The van der Waals surface area contributed by atoms with E-state index in [0.29, 0.717) is 18.8 Å². The standard InChI is InChI=1S/C14H17ClO2/c1-3-14(2)12(16)8-13(14)17-9-10-4-6-11(15)7-5-10/h4-7,13H,3,8-9H2,1-2H3. The van der Waals surface area contributed by atoms with Gasteiger partial charge in [0, 0.05) is 11.4 Å². The molecule has 2 nitrogen and oxygen atoms in total. The summed E-state index contributed by atoms with van der Waals surface area (Å²) in [7, 11) is 0. The molecule has 0 aliphatic heterocycles. The Hall–Kier alpha value is -0.860. The zero-order valence-electron chi connectivity index (χ0n) is 10.2. The summed E-state index contributed by atoms with van der Waals surface area (Å²) >= 11 is 5.81. The molecule has 17 heavy (non-hydrogen) atoms. The molecule has 1 aliphatic carbocycles. The van der Waals surface area contributed by atoms with Gasteiger partial charge in [0.25, 0.3) is 0 Å². The Labute approximate surface area is 107 Å². The summed E-state index contributed by atoms with van der Waals surface area (Å²) in [6.45, 7) is 4.58. The number of hydrogen-bond donors (Lipinski definition) is 0. The summed E-state index contributed by atoms with van der Waals surface area (Å²) in [5.41, 5.74) is 0.819. The van der Waals surface area contributed by atoms with Crippen molar-refractivity contribution in [1.82, 2.24) is 0 Å². The van der Waals surface area contributed by atoms with Crippen molar-refractivity contribution >= 4 is 17.4 Å². The van der Waals surface area contributed by atoms with Crippen LogP contribution in [0.25, 0.3) is 0 Å². The van der Waals surface area contributed by atoms with E-state index in [1.807, 2.05) is 38.1 Å². The van der Waals surface area contributed by atoms with Crippen LogP contribution in [-0.2, 0) is 16.1 Å². The van der Waals surface area contributed by atoms with E-state index >= 15 is 0 Å². The number of ketones is 1. The zero-order chi connectivity index (χ0) is 12.5. The highest BCUT2D eigenvalue weighted by Crippen LogP contribution is 2.42. The van der Waals surface area contributed by atoms with Gasteiger partial charge in [-0.2, -0.15) is 0 Å². The third kappa shape index (κ3) is 2.38. The van der Waals surface area contributed by atoms with Crippen LogP contribution in [0.15, 0.2) is 24.3 Å². The minimum absolute atomic E-state index is 0.0654. The molecule has 0 aromatic heterocycles. The highest BCUT2D eigenvalue weighted by Gasteiger charge is 2.50. The van der Waals surface area contributed by atoms with E-state index in [-0.39, 0.29) is 11.5 Å². The van der Waals surface area contributed by atoms with Crippen LogP contribution in [0.1, 0.15) is 32.3 Å². The van der Waals surface area contributed by atoms with Crippen LogP contribution in [0, 0.1) is 5.41 Å². The quantitative estimate of drug-likeness (QED) is 0.818. The lowest BCUT2D eigenvalue weighted by molar-refractivity contribution is -0.163. The van der Waals surface area contributed by atoms with Gasteiger partial charge in [-0.15, -0.1) is 0 Å². The molecular formula is C14H17ClO2. The number of halogens is 1. The molecule has 0 amide bonds. The lowest BCUT2D eigenvalue weighted by atomic mass is 9.64. The van der Waals surface area contributed by atoms with Crippen molar-refractivity contribution in [2.75, 3.05) is 0 Å². The van der Waals surface area contributed by atoms with Crippen LogP contribution < -0.4 is 0 Å². The van der Waals surface area contributed by atoms with Gasteiger partial charge < -0.3 is 4.74 Å². The molecule has 1 fully saturated rings. The summed E-state index contributed by atoms with van der Waals surface area (Å²) < 4.78 is 5.82. The van der Waals surface area contributed by atoms with Gasteiger partial charge in [0.1, 0.15) is 5.78 Å². The van der Waals surface area contributed by atoms with E-state index in [4.69, 9.17) is 16.3 Å². The molecule has 0 saturated heterocycles. The van der Waals surface area contributed by atoms with Crippen molar-refractivity contribution in [1.29, 1.82) is 0 Å². The SMILES string of the molecule is CCC1(C)C(=O)CC1OCc1ccc(Cl)cc1. The largest absolute Gasteiger partial charge is 0.372 e. The lowest BCUT2D eigenvalue weighted by Crippen LogP contribution is -2.52. The fourth-order valence-corrected chi connectivity index (χ4v) is 2.25. The van der Waals surface area contributed by atoms with E-state index in [1.54, 1.807) is 0 Å². The van der Waals surface area contributed by atoms with Crippen LogP contribution in [-0.4, -0.2) is 11.9 Å². The number of Topliss-reactive ketones (excluding diaryl/α,β-unsaturated/α-hetero) is 1. The second-order valence-electron chi connectivity index (χ2n) is 4.82. The molecule has 0 spiro atoms. The molecular weight excluding hydrogens is 236 g/mol. The molecule has 0 bridgehead atoms. The molecule has 1 aliphatic rings. The van der Waals surface area contributed by atoms with Gasteiger partial charge in [0.2, 0.25) is 0 Å². The maximum absolute atomic E-state index is 11.6. The summed E-state index contributed by atoms with van der Waals surface area (Å²) in [5.74, 6) is 0.320. The number of hydrogen-bond acceptors (Lipinski definition) is 2. The molecule has 0 radical (unpaired) electrons. The van der Waals surface area contributed by atoms with Crippen LogP contribution >= 0.6 is 11.6 Å². The number of benzene rings is 1. The normalized spacial score (nSPS) is 27.9. The third-order valence-corrected chi connectivity index (χ3v) is 4.07. The van der Waals surface area contributed by atoms with Crippen molar-refractivity contribution in [2.24, 2.45) is 5.41 Å². The first-order valence-corrected chi connectivity index (χ1v) is 6.33. The molecule has 2 rings (SSSR count). The number of carbonyl (C=O) groups excluding carboxylic acids is 1. The highest BCUT2D eigenvalue weighted by atomic mass is 35.5. The Kier molecular flexibility index (Phi) is 3.55. The van der Waals surface area contributed by atoms with Gasteiger partial charge in [0.05, 0.1) is 18.1 Å². The smallest absolute Gasteiger partial charge is 0.143 e. The molecule has 1 saturated carbocycles. The van der Waals surface area contributed by atoms with Gasteiger partial charge in [-0.1, -0.05) is 37.6 Å². The van der Waals surface area contributed by atoms with Crippen molar-refractivity contribution < 1.29 is 9.53 Å². The fraction of sp³-hybridized carbons (Fsp3) is 0.500. The van der Waals surface area contributed by atoms with Gasteiger partial charge in [0.15, 0.2) is 0 Å². The third-order valence-electron chi connectivity index (χ3n) is 3.82. The summed E-state index contributed by atoms with van der Waals surface area (Å²) in [6.07, 6.45) is 1.46. The second kappa shape index (κ2) is 4.79. The van der Waals surface area contributed by atoms with Crippen LogP contribution in [0.4, 0.5) is 0 Å². The summed E-state index contributed by atoms with van der Waals surface area (Å²) in [6, 6.07) is 7.61. The lowest BCUT2D eigenvalue weighted by Gasteiger charge is -2.44. The van der Waals surface area contributed by atoms with E-state index in [9.17, 15) is 4.79 Å². The molecule has 1 aromatic carbocycles. The zero-order valence-corrected chi connectivity index (χ0v) is 11.0. The molecule has 0 heterocycles. The maximum Gasteiger partial charge on any atom is 0.143 e. The van der Waals surface area contributed by atoms with E-state index in [1.165, 1.54) is 0 Å². The summed E-state index contributed by atoms with van der Waals surface area (Å²) in [4.78, 5) is 11.6. The van der Waals surface area contributed by atoms with Gasteiger partial charge in [-0.3, -0.25) is 4.79 Å². The molecule has 2 unspecified atom stereocenters. The number of carbonyl (C=O) groups is 1. The predicted octanol–water partition coefficient (Wildman–Crippen LogP) is 3.61. The van der Waals surface area contributed by atoms with Crippen molar-refractivity contribution in [3.8, 4) is 0 Å².